The number of likely N-dealkylation sites (tertiary alicyclic amines) is 1. The summed E-state index contributed by atoms with van der Waals surface area (Å²) in [7, 11) is 0. The van der Waals surface area contributed by atoms with Crippen molar-refractivity contribution in [3.8, 4) is 5.75 Å². The van der Waals surface area contributed by atoms with E-state index in [-0.39, 0.29) is 5.92 Å². The van der Waals surface area contributed by atoms with Gasteiger partial charge in [-0.05, 0) is 13.0 Å². The summed E-state index contributed by atoms with van der Waals surface area (Å²) in [6, 6.07) is 9.02. The van der Waals surface area contributed by atoms with Crippen molar-refractivity contribution in [1.29, 1.82) is 0 Å². The van der Waals surface area contributed by atoms with E-state index in [0.29, 0.717) is 24.3 Å². The Morgan fingerprint density at radius 1 is 1.26 bits per heavy atom. The average Bonchev–Trinajstić information content (AvgIpc) is 2.45. The molecule has 2 aliphatic rings. The number of carbonyl (C=O) groups excluding carboxylic acids is 1. The first-order valence-corrected chi connectivity index (χ1v) is 7.18. The minimum Gasteiger partial charge on any atom is -0.493 e. The largest absolute Gasteiger partial charge is 0.493 e. The lowest BCUT2D eigenvalue weighted by molar-refractivity contribution is -0.129. The predicted molar refractivity (Wildman–Crippen MR) is 74.3 cm³/mol. The van der Waals surface area contributed by atoms with E-state index in [1.165, 1.54) is 5.56 Å². The number of hydrogen-bond donors (Lipinski definition) is 0. The summed E-state index contributed by atoms with van der Waals surface area (Å²) in [5.41, 5.74) is 1.28. The number of Topliss-reactive ketones (excluding diaryl/α,β-unsaturated/α-hetero) is 1. The Bertz CT molecular complexity index is 485. The molecule has 3 atom stereocenters. The van der Waals surface area contributed by atoms with E-state index >= 15 is 0 Å². The van der Waals surface area contributed by atoms with Gasteiger partial charge in [0.2, 0.25) is 0 Å². The van der Waals surface area contributed by atoms with Gasteiger partial charge in [0.25, 0.3) is 0 Å². The molecule has 0 aromatic heterocycles. The molecule has 0 bridgehead atoms. The van der Waals surface area contributed by atoms with E-state index < -0.39 is 0 Å². The van der Waals surface area contributed by atoms with Crippen molar-refractivity contribution in [3.05, 3.63) is 29.8 Å². The van der Waals surface area contributed by atoms with Gasteiger partial charge in [-0.2, -0.15) is 0 Å². The number of nitrogens with zero attached hydrogens (tertiary/aromatic N) is 1. The highest BCUT2D eigenvalue weighted by molar-refractivity contribution is 5.82. The second-order valence-corrected chi connectivity index (χ2v) is 5.67. The first-order chi connectivity index (χ1) is 9.18. The fourth-order valence-corrected chi connectivity index (χ4v) is 3.33. The summed E-state index contributed by atoms with van der Waals surface area (Å²) in [5, 5.41) is 0. The molecule has 0 amide bonds. The Morgan fingerprint density at radius 3 is 2.89 bits per heavy atom. The van der Waals surface area contributed by atoms with Crippen molar-refractivity contribution in [2.24, 2.45) is 5.92 Å². The van der Waals surface area contributed by atoms with Crippen LogP contribution in [0.5, 0.6) is 5.75 Å². The Balaban J connectivity index is 1.89. The van der Waals surface area contributed by atoms with E-state index in [0.717, 1.165) is 25.3 Å². The highest BCUT2D eigenvalue weighted by atomic mass is 16.5. The van der Waals surface area contributed by atoms with Crippen molar-refractivity contribution in [3.63, 3.8) is 0 Å². The lowest BCUT2D eigenvalue weighted by atomic mass is 9.87. The number of fused-ring (bicyclic) bond motifs is 1. The van der Waals surface area contributed by atoms with Crippen LogP contribution in [0.4, 0.5) is 0 Å². The average molecular weight is 259 g/mol. The predicted octanol–water partition coefficient (Wildman–Crippen LogP) is 2.81. The molecule has 1 aromatic rings. The van der Waals surface area contributed by atoms with Gasteiger partial charge < -0.3 is 4.74 Å². The summed E-state index contributed by atoms with van der Waals surface area (Å²) in [5.74, 6) is 1.56. The van der Waals surface area contributed by atoms with E-state index in [9.17, 15) is 4.79 Å². The molecule has 3 nitrogen and oxygen atoms in total. The quantitative estimate of drug-likeness (QED) is 0.776. The third-order valence-electron chi connectivity index (χ3n) is 4.70. The third-order valence-corrected chi connectivity index (χ3v) is 4.70. The Kier molecular flexibility index (Phi) is 3.31. The Hall–Kier alpha value is -1.35. The SMILES string of the molecule is CC1C(=O)CCN(C2CCOc3ccccc32)C1C. The van der Waals surface area contributed by atoms with Gasteiger partial charge in [-0.15, -0.1) is 0 Å². The summed E-state index contributed by atoms with van der Waals surface area (Å²) < 4.78 is 5.73. The summed E-state index contributed by atoms with van der Waals surface area (Å²) in [4.78, 5) is 14.3. The molecule has 0 radical (unpaired) electrons. The number of ether oxygens (including phenoxy) is 1. The molecular formula is C16H21NO2. The van der Waals surface area contributed by atoms with Gasteiger partial charge in [0.05, 0.1) is 6.61 Å². The van der Waals surface area contributed by atoms with E-state index in [1.807, 2.05) is 12.1 Å². The van der Waals surface area contributed by atoms with Crippen LogP contribution in [0.1, 0.15) is 38.3 Å². The number of carbonyl (C=O) groups is 1. The van der Waals surface area contributed by atoms with Crippen LogP contribution in [0.25, 0.3) is 0 Å². The van der Waals surface area contributed by atoms with Gasteiger partial charge in [0.1, 0.15) is 11.5 Å². The fourth-order valence-electron chi connectivity index (χ4n) is 3.33. The van der Waals surface area contributed by atoms with Gasteiger partial charge in [0.15, 0.2) is 0 Å². The monoisotopic (exact) mass is 259 g/mol. The molecule has 3 rings (SSSR count). The lowest BCUT2D eigenvalue weighted by Gasteiger charge is -2.44. The Labute approximate surface area is 114 Å². The smallest absolute Gasteiger partial charge is 0.138 e. The zero-order valence-electron chi connectivity index (χ0n) is 11.6. The molecule has 0 spiro atoms. The van der Waals surface area contributed by atoms with Crippen LogP contribution in [0.3, 0.4) is 0 Å². The maximum absolute atomic E-state index is 11.8. The number of piperidine rings is 1. The second-order valence-electron chi connectivity index (χ2n) is 5.67. The molecule has 0 N–H and O–H groups in total. The summed E-state index contributed by atoms with van der Waals surface area (Å²) in [6.07, 6.45) is 1.70. The van der Waals surface area contributed by atoms with Crippen LogP contribution in [0.15, 0.2) is 24.3 Å². The lowest BCUT2D eigenvalue weighted by Crippen LogP contribution is -2.49. The van der Waals surface area contributed by atoms with Crippen molar-refractivity contribution >= 4 is 5.78 Å². The van der Waals surface area contributed by atoms with Crippen LogP contribution < -0.4 is 4.74 Å². The second kappa shape index (κ2) is 4.97. The Morgan fingerprint density at radius 2 is 2.05 bits per heavy atom. The summed E-state index contributed by atoms with van der Waals surface area (Å²) >= 11 is 0. The van der Waals surface area contributed by atoms with E-state index in [1.54, 1.807) is 0 Å². The number of para-hydroxylation sites is 1. The van der Waals surface area contributed by atoms with Crippen molar-refractivity contribution in [2.45, 2.75) is 38.8 Å². The van der Waals surface area contributed by atoms with Crippen molar-refractivity contribution in [1.82, 2.24) is 4.90 Å². The number of rotatable bonds is 1. The first-order valence-electron chi connectivity index (χ1n) is 7.18. The van der Waals surface area contributed by atoms with Gasteiger partial charge >= 0.3 is 0 Å². The minimum atomic E-state index is 0.142. The fraction of sp³-hybridized carbons (Fsp3) is 0.562. The molecular weight excluding hydrogens is 238 g/mol. The molecule has 1 aromatic carbocycles. The zero-order valence-corrected chi connectivity index (χ0v) is 11.6. The number of hydrogen-bond acceptors (Lipinski definition) is 3. The van der Waals surface area contributed by atoms with Crippen molar-refractivity contribution in [2.75, 3.05) is 13.2 Å². The normalized spacial score (nSPS) is 31.7. The first kappa shape index (κ1) is 12.7. The van der Waals surface area contributed by atoms with E-state index in [2.05, 4.69) is 30.9 Å². The molecule has 102 valence electrons. The molecule has 2 heterocycles. The molecule has 0 saturated carbocycles. The van der Waals surface area contributed by atoms with Gasteiger partial charge in [0, 0.05) is 43.0 Å². The topological polar surface area (TPSA) is 29.5 Å². The van der Waals surface area contributed by atoms with Gasteiger partial charge in [-0.3, -0.25) is 9.69 Å². The maximum Gasteiger partial charge on any atom is 0.138 e. The number of ketones is 1. The van der Waals surface area contributed by atoms with Crippen LogP contribution in [0, 0.1) is 5.92 Å². The molecule has 1 saturated heterocycles. The molecule has 0 aliphatic carbocycles. The van der Waals surface area contributed by atoms with Crippen LogP contribution in [-0.4, -0.2) is 29.9 Å². The van der Waals surface area contributed by atoms with Gasteiger partial charge in [-0.1, -0.05) is 25.1 Å². The van der Waals surface area contributed by atoms with Crippen LogP contribution in [-0.2, 0) is 4.79 Å². The number of benzene rings is 1. The molecule has 2 aliphatic heterocycles. The highest BCUT2D eigenvalue weighted by Gasteiger charge is 2.37. The molecule has 19 heavy (non-hydrogen) atoms. The maximum atomic E-state index is 11.8. The highest BCUT2D eigenvalue weighted by Crippen LogP contribution is 2.39. The standard InChI is InChI=1S/C16H21NO2/c1-11-12(2)17(9-7-15(11)18)14-8-10-19-16-6-4-3-5-13(14)16/h3-6,11-12,14H,7-10H2,1-2H3. The van der Waals surface area contributed by atoms with Gasteiger partial charge in [-0.25, -0.2) is 0 Å². The molecule has 1 fully saturated rings. The van der Waals surface area contributed by atoms with Crippen molar-refractivity contribution < 1.29 is 9.53 Å². The molecule has 3 heteroatoms. The van der Waals surface area contributed by atoms with Crippen LogP contribution in [0.2, 0.25) is 0 Å². The molecule has 3 unspecified atom stereocenters. The van der Waals surface area contributed by atoms with Crippen LogP contribution >= 0.6 is 0 Å². The minimum absolute atomic E-state index is 0.142. The zero-order chi connectivity index (χ0) is 13.4. The van der Waals surface area contributed by atoms with E-state index in [4.69, 9.17) is 4.74 Å². The summed E-state index contributed by atoms with van der Waals surface area (Å²) in [6.45, 7) is 5.89. The third kappa shape index (κ3) is 2.16.